The molecular formula is C14H15N3S. The van der Waals surface area contributed by atoms with Crippen molar-refractivity contribution in [2.75, 3.05) is 5.32 Å². The van der Waals surface area contributed by atoms with Crippen LogP contribution in [0.3, 0.4) is 0 Å². The van der Waals surface area contributed by atoms with E-state index in [1.807, 2.05) is 0 Å². The van der Waals surface area contributed by atoms with Crippen LogP contribution in [0.25, 0.3) is 0 Å². The Balaban J connectivity index is 1.61. The van der Waals surface area contributed by atoms with Gasteiger partial charge in [0.2, 0.25) is 5.13 Å². The summed E-state index contributed by atoms with van der Waals surface area (Å²) in [5, 5.41) is 4.43. The lowest BCUT2D eigenvalue weighted by molar-refractivity contribution is 0.745. The van der Waals surface area contributed by atoms with Gasteiger partial charge in [-0.15, -0.1) is 0 Å². The Labute approximate surface area is 110 Å². The van der Waals surface area contributed by atoms with E-state index in [9.17, 15) is 0 Å². The molecule has 2 aliphatic rings. The van der Waals surface area contributed by atoms with E-state index < -0.39 is 0 Å². The Hall–Kier alpha value is -1.42. The van der Waals surface area contributed by atoms with Gasteiger partial charge in [0, 0.05) is 23.5 Å². The van der Waals surface area contributed by atoms with Crippen LogP contribution in [-0.4, -0.2) is 15.4 Å². The Morgan fingerprint density at radius 1 is 1.17 bits per heavy atom. The number of hydrogen-bond donors (Lipinski definition) is 1. The lowest BCUT2D eigenvalue weighted by Crippen LogP contribution is -2.02. The number of aryl methyl sites for hydroxylation is 1. The highest BCUT2D eigenvalue weighted by Crippen LogP contribution is 2.37. The van der Waals surface area contributed by atoms with Gasteiger partial charge in [-0.25, -0.2) is 4.98 Å². The molecule has 18 heavy (non-hydrogen) atoms. The molecule has 3 nitrogen and oxygen atoms in total. The minimum Gasteiger partial charge on any atom is -0.358 e. The minimum absolute atomic E-state index is 0.409. The summed E-state index contributed by atoms with van der Waals surface area (Å²) in [6.07, 6.45) is 4.87. The van der Waals surface area contributed by atoms with E-state index in [1.54, 1.807) is 0 Å². The highest BCUT2D eigenvalue weighted by Gasteiger charge is 2.28. The molecule has 0 saturated heterocycles. The van der Waals surface area contributed by atoms with Crippen LogP contribution in [0.4, 0.5) is 5.13 Å². The highest BCUT2D eigenvalue weighted by atomic mass is 32.1. The molecule has 0 amide bonds. The number of rotatable bonds is 3. The zero-order valence-corrected chi connectivity index (χ0v) is 10.9. The minimum atomic E-state index is 0.409. The predicted octanol–water partition coefficient (Wildman–Crippen LogP) is 3.19. The molecule has 1 heterocycles. The number of fused-ring (bicyclic) bond motifs is 1. The molecule has 0 bridgehead atoms. The second kappa shape index (κ2) is 4.05. The molecule has 4 heteroatoms. The maximum atomic E-state index is 4.67. The Kier molecular flexibility index (Phi) is 2.36. The maximum Gasteiger partial charge on any atom is 0.202 e. The van der Waals surface area contributed by atoms with Crippen molar-refractivity contribution < 1.29 is 0 Å². The van der Waals surface area contributed by atoms with Crippen LogP contribution in [0.2, 0.25) is 0 Å². The fourth-order valence-electron chi connectivity index (χ4n) is 2.66. The Morgan fingerprint density at radius 2 is 2.06 bits per heavy atom. The van der Waals surface area contributed by atoms with Crippen LogP contribution in [0, 0.1) is 0 Å². The van der Waals surface area contributed by atoms with E-state index in [2.05, 4.69) is 38.9 Å². The van der Waals surface area contributed by atoms with Crippen LogP contribution < -0.4 is 5.32 Å². The second-order valence-electron chi connectivity index (χ2n) is 5.17. The van der Waals surface area contributed by atoms with E-state index >= 15 is 0 Å². The van der Waals surface area contributed by atoms with Crippen molar-refractivity contribution in [1.82, 2.24) is 9.36 Å². The smallest absolute Gasteiger partial charge is 0.202 e. The first-order valence-electron chi connectivity index (χ1n) is 6.58. The standard InChI is InChI=1S/C14H15N3S/c1-2-4-11-9(3-1)5-8-12(11)13-16-14(18-17-13)15-10-6-7-10/h1-4,10,12H,5-8H2,(H,15,16,17). The monoisotopic (exact) mass is 257 g/mol. The maximum absolute atomic E-state index is 4.67. The largest absolute Gasteiger partial charge is 0.358 e. The van der Waals surface area contributed by atoms with Gasteiger partial charge in [0.1, 0.15) is 0 Å². The molecule has 1 fully saturated rings. The van der Waals surface area contributed by atoms with Crippen LogP contribution >= 0.6 is 11.5 Å². The predicted molar refractivity (Wildman–Crippen MR) is 73.2 cm³/mol. The molecule has 2 aliphatic carbocycles. The van der Waals surface area contributed by atoms with E-state index in [-0.39, 0.29) is 0 Å². The number of hydrogen-bond acceptors (Lipinski definition) is 4. The average Bonchev–Trinajstić information content (AvgIpc) is 2.91. The summed E-state index contributed by atoms with van der Waals surface area (Å²) in [6.45, 7) is 0. The average molecular weight is 257 g/mol. The van der Waals surface area contributed by atoms with Crippen molar-refractivity contribution in [2.45, 2.75) is 37.6 Å². The summed E-state index contributed by atoms with van der Waals surface area (Å²) in [6, 6.07) is 9.34. The summed E-state index contributed by atoms with van der Waals surface area (Å²) < 4.78 is 4.55. The summed E-state index contributed by atoms with van der Waals surface area (Å²) in [5.74, 6) is 1.42. The van der Waals surface area contributed by atoms with Gasteiger partial charge in [0.25, 0.3) is 0 Å². The zero-order chi connectivity index (χ0) is 11.9. The summed E-state index contributed by atoms with van der Waals surface area (Å²) >= 11 is 1.51. The fourth-order valence-corrected chi connectivity index (χ4v) is 3.36. The van der Waals surface area contributed by atoms with Gasteiger partial charge in [-0.1, -0.05) is 24.3 Å². The normalized spacial score (nSPS) is 21.9. The third kappa shape index (κ3) is 1.81. The lowest BCUT2D eigenvalue weighted by Gasteiger charge is -2.06. The fraction of sp³-hybridized carbons (Fsp3) is 0.429. The Bertz CT molecular complexity index is 574. The quantitative estimate of drug-likeness (QED) is 0.917. The third-order valence-corrected chi connectivity index (χ3v) is 4.45. The van der Waals surface area contributed by atoms with E-state index in [0.29, 0.717) is 12.0 Å². The third-order valence-electron chi connectivity index (χ3n) is 3.79. The van der Waals surface area contributed by atoms with Crippen LogP contribution in [0.5, 0.6) is 0 Å². The zero-order valence-electron chi connectivity index (χ0n) is 10.1. The number of aromatic nitrogens is 2. The molecule has 4 rings (SSSR count). The van der Waals surface area contributed by atoms with Gasteiger partial charge < -0.3 is 5.32 Å². The van der Waals surface area contributed by atoms with Gasteiger partial charge in [-0.05, 0) is 36.8 Å². The van der Waals surface area contributed by atoms with Crippen molar-refractivity contribution in [3.05, 3.63) is 41.2 Å². The van der Waals surface area contributed by atoms with Crippen molar-refractivity contribution in [3.8, 4) is 0 Å². The first-order chi connectivity index (χ1) is 8.90. The summed E-state index contributed by atoms with van der Waals surface area (Å²) in [4.78, 5) is 4.67. The molecule has 1 saturated carbocycles. The van der Waals surface area contributed by atoms with Gasteiger partial charge in [-0.2, -0.15) is 4.37 Å². The van der Waals surface area contributed by atoms with Crippen molar-refractivity contribution >= 4 is 16.7 Å². The van der Waals surface area contributed by atoms with Crippen LogP contribution in [0.1, 0.15) is 42.1 Å². The van der Waals surface area contributed by atoms with Gasteiger partial charge in [0.05, 0.1) is 0 Å². The molecule has 0 aliphatic heterocycles. The molecule has 1 aromatic carbocycles. The van der Waals surface area contributed by atoms with Crippen molar-refractivity contribution in [1.29, 1.82) is 0 Å². The first-order valence-corrected chi connectivity index (χ1v) is 7.35. The number of nitrogens with one attached hydrogen (secondary N) is 1. The topological polar surface area (TPSA) is 37.8 Å². The van der Waals surface area contributed by atoms with E-state index in [0.717, 1.165) is 23.8 Å². The molecule has 1 N–H and O–H groups in total. The molecule has 92 valence electrons. The molecule has 1 aromatic heterocycles. The lowest BCUT2D eigenvalue weighted by atomic mass is 10.0. The van der Waals surface area contributed by atoms with Gasteiger partial charge in [0.15, 0.2) is 5.82 Å². The number of nitrogens with zero attached hydrogens (tertiary/aromatic N) is 2. The van der Waals surface area contributed by atoms with E-state index in [4.69, 9.17) is 0 Å². The van der Waals surface area contributed by atoms with Gasteiger partial charge >= 0.3 is 0 Å². The number of anilines is 1. The molecule has 0 spiro atoms. The van der Waals surface area contributed by atoms with E-state index in [1.165, 1.54) is 35.5 Å². The molecule has 2 aromatic rings. The van der Waals surface area contributed by atoms with Crippen molar-refractivity contribution in [3.63, 3.8) is 0 Å². The molecule has 1 unspecified atom stereocenters. The molecule has 0 radical (unpaired) electrons. The van der Waals surface area contributed by atoms with Crippen LogP contribution in [-0.2, 0) is 6.42 Å². The Morgan fingerprint density at radius 3 is 2.94 bits per heavy atom. The summed E-state index contributed by atoms with van der Waals surface area (Å²) in [5.41, 5.74) is 2.89. The molecular weight excluding hydrogens is 242 g/mol. The summed E-state index contributed by atoms with van der Waals surface area (Å²) in [7, 11) is 0. The number of benzene rings is 1. The highest BCUT2D eigenvalue weighted by molar-refractivity contribution is 7.09. The first kappa shape index (κ1) is 10.5. The SMILES string of the molecule is c1ccc2c(c1)CCC2c1nsc(NC2CC2)n1. The van der Waals surface area contributed by atoms with Crippen LogP contribution in [0.15, 0.2) is 24.3 Å². The van der Waals surface area contributed by atoms with Crippen molar-refractivity contribution in [2.24, 2.45) is 0 Å². The van der Waals surface area contributed by atoms with Gasteiger partial charge in [-0.3, -0.25) is 0 Å². The molecule has 1 atom stereocenters. The second-order valence-corrected chi connectivity index (χ2v) is 5.92.